The summed E-state index contributed by atoms with van der Waals surface area (Å²) < 4.78 is 77.3. The molecule has 0 aromatic heterocycles. The molecule has 2 aliphatic heterocycles. The molecule has 0 bridgehead atoms. The van der Waals surface area contributed by atoms with Gasteiger partial charge in [-0.25, -0.2) is 8.37 Å². The van der Waals surface area contributed by atoms with Gasteiger partial charge in [-0.05, 0) is 13.8 Å². The van der Waals surface area contributed by atoms with E-state index in [-0.39, 0.29) is 33.6 Å². The summed E-state index contributed by atoms with van der Waals surface area (Å²) in [5.74, 6) is -1.06. The largest absolute Gasteiger partial charge is 0.400 e. The quantitative estimate of drug-likeness (QED) is 0.290. The van der Waals surface area contributed by atoms with Crippen molar-refractivity contribution in [1.29, 1.82) is 0 Å². The fourth-order valence-corrected chi connectivity index (χ4v) is 3.94. The highest BCUT2D eigenvalue weighted by Gasteiger charge is 2.54. The second-order valence-corrected chi connectivity index (χ2v) is 8.06. The topological polar surface area (TPSA) is 126 Å². The third kappa shape index (κ3) is 7.33. The average molecular weight is 446 g/mol. The van der Waals surface area contributed by atoms with Crippen molar-refractivity contribution in [2.24, 2.45) is 0 Å². The maximum absolute atomic E-state index is 11.9. The molecule has 0 amide bonds. The lowest BCUT2D eigenvalue weighted by molar-refractivity contribution is -0.361. The van der Waals surface area contributed by atoms with Crippen LogP contribution < -0.4 is 0 Å². The Morgan fingerprint density at radius 1 is 1.00 bits per heavy atom. The van der Waals surface area contributed by atoms with Crippen LogP contribution in [0.25, 0.3) is 0 Å². The van der Waals surface area contributed by atoms with E-state index < -0.39 is 46.7 Å². The SMILES string of the molecule is COCOCC(OCOC)[C@@H](OCOC)[C@@H]1OC(C)(C)O[C@@H]2COS(=O)(=O)O[C@@H]12. The first-order valence-corrected chi connectivity index (χ1v) is 10.3. The molecule has 2 heterocycles. The first-order valence-electron chi connectivity index (χ1n) is 8.94. The van der Waals surface area contributed by atoms with Crippen LogP contribution in [0.4, 0.5) is 0 Å². The molecular formula is C16H30O12S. The predicted octanol–water partition coefficient (Wildman–Crippen LogP) is -0.235. The van der Waals surface area contributed by atoms with Gasteiger partial charge in [-0.15, -0.1) is 0 Å². The Hall–Kier alpha value is -0.450. The summed E-state index contributed by atoms with van der Waals surface area (Å²) in [5, 5.41) is 0. The van der Waals surface area contributed by atoms with Crippen LogP contribution in [0, 0.1) is 0 Å². The molecule has 1 unspecified atom stereocenters. The first kappa shape index (κ1) is 24.8. The number of ether oxygens (including phenoxy) is 8. The molecule has 0 saturated carbocycles. The second kappa shape index (κ2) is 11.2. The Kier molecular flexibility index (Phi) is 9.63. The third-order valence-corrected chi connectivity index (χ3v) is 4.99. The molecule has 2 saturated heterocycles. The van der Waals surface area contributed by atoms with E-state index in [2.05, 4.69) is 0 Å². The lowest BCUT2D eigenvalue weighted by atomic mass is 9.96. The highest BCUT2D eigenvalue weighted by Crippen LogP contribution is 2.36. The summed E-state index contributed by atoms with van der Waals surface area (Å²) in [6.07, 6.45) is -4.23. The summed E-state index contributed by atoms with van der Waals surface area (Å²) in [6.45, 7) is 3.08. The van der Waals surface area contributed by atoms with E-state index in [1.54, 1.807) is 13.8 Å². The number of fused-ring (bicyclic) bond motifs is 1. The van der Waals surface area contributed by atoms with Crippen molar-refractivity contribution in [3.63, 3.8) is 0 Å². The summed E-state index contributed by atoms with van der Waals surface area (Å²) in [4.78, 5) is 0. The van der Waals surface area contributed by atoms with Crippen LogP contribution in [0.5, 0.6) is 0 Å². The molecule has 0 N–H and O–H groups in total. The van der Waals surface area contributed by atoms with Crippen LogP contribution in [0.2, 0.25) is 0 Å². The second-order valence-electron chi connectivity index (χ2n) is 6.82. The zero-order valence-electron chi connectivity index (χ0n) is 17.2. The predicted molar refractivity (Wildman–Crippen MR) is 94.9 cm³/mol. The van der Waals surface area contributed by atoms with E-state index in [1.807, 2.05) is 0 Å². The fourth-order valence-electron chi connectivity index (χ4n) is 3.08. The van der Waals surface area contributed by atoms with Gasteiger partial charge in [-0.2, -0.15) is 8.42 Å². The van der Waals surface area contributed by atoms with E-state index in [0.29, 0.717) is 0 Å². The lowest BCUT2D eigenvalue weighted by Crippen LogP contribution is -2.65. The van der Waals surface area contributed by atoms with Gasteiger partial charge in [0.15, 0.2) is 5.79 Å². The fraction of sp³-hybridized carbons (Fsp3) is 1.00. The minimum atomic E-state index is -4.20. The molecule has 5 atom stereocenters. The molecule has 0 aromatic rings. The zero-order chi connectivity index (χ0) is 21.5. The van der Waals surface area contributed by atoms with E-state index in [9.17, 15) is 8.42 Å². The molecule has 172 valence electrons. The van der Waals surface area contributed by atoms with Crippen molar-refractivity contribution in [3.05, 3.63) is 0 Å². The van der Waals surface area contributed by atoms with Crippen molar-refractivity contribution in [2.45, 2.75) is 50.2 Å². The minimum Gasteiger partial charge on any atom is -0.359 e. The Morgan fingerprint density at radius 2 is 1.66 bits per heavy atom. The Balaban J connectivity index is 2.30. The van der Waals surface area contributed by atoms with Gasteiger partial charge in [-0.1, -0.05) is 0 Å². The highest BCUT2D eigenvalue weighted by molar-refractivity contribution is 7.81. The summed E-state index contributed by atoms with van der Waals surface area (Å²) in [5.41, 5.74) is 0. The Labute approximate surface area is 170 Å². The molecule has 0 spiro atoms. The molecule has 0 aromatic carbocycles. The van der Waals surface area contributed by atoms with Gasteiger partial charge in [0.2, 0.25) is 0 Å². The Morgan fingerprint density at radius 3 is 2.31 bits per heavy atom. The van der Waals surface area contributed by atoms with Gasteiger partial charge in [0.05, 0.1) is 13.2 Å². The standard InChI is InChI=1S/C16H30O12S/c1-16(2)26-12-7-25-29(17,18)28-14(12)15(27-16)13(24-10-21-5)11(23-9-20-4)6-22-8-19-3/h11-15H,6-10H2,1-5H3/t11?,12-,13-,14-,15+/m1/s1. The van der Waals surface area contributed by atoms with E-state index >= 15 is 0 Å². The monoisotopic (exact) mass is 446 g/mol. The molecule has 13 heteroatoms. The maximum atomic E-state index is 11.9. The van der Waals surface area contributed by atoms with E-state index in [4.69, 9.17) is 46.3 Å². The molecule has 2 fully saturated rings. The molecule has 2 aliphatic rings. The first-order chi connectivity index (χ1) is 13.7. The van der Waals surface area contributed by atoms with E-state index in [0.717, 1.165) is 0 Å². The molecule has 2 rings (SSSR count). The van der Waals surface area contributed by atoms with Gasteiger partial charge in [0.1, 0.15) is 50.9 Å². The van der Waals surface area contributed by atoms with Gasteiger partial charge in [0, 0.05) is 21.3 Å². The van der Waals surface area contributed by atoms with Crippen molar-refractivity contribution < 1.29 is 54.7 Å². The van der Waals surface area contributed by atoms with Crippen LogP contribution in [0.15, 0.2) is 0 Å². The number of hydrogen-bond acceptors (Lipinski definition) is 12. The van der Waals surface area contributed by atoms with Gasteiger partial charge >= 0.3 is 10.4 Å². The normalized spacial score (nSPS) is 30.4. The van der Waals surface area contributed by atoms with Crippen LogP contribution >= 0.6 is 0 Å². The maximum Gasteiger partial charge on any atom is 0.400 e. The van der Waals surface area contributed by atoms with Crippen LogP contribution in [0.3, 0.4) is 0 Å². The minimum absolute atomic E-state index is 0.0226. The van der Waals surface area contributed by atoms with Crippen molar-refractivity contribution >= 4 is 10.4 Å². The third-order valence-electron chi connectivity index (χ3n) is 4.10. The van der Waals surface area contributed by atoms with Crippen molar-refractivity contribution in [2.75, 3.05) is 54.9 Å². The van der Waals surface area contributed by atoms with Crippen LogP contribution in [-0.2, 0) is 56.7 Å². The van der Waals surface area contributed by atoms with Crippen molar-refractivity contribution in [1.82, 2.24) is 0 Å². The molecule has 12 nitrogen and oxygen atoms in total. The Bertz CT molecular complexity index is 582. The van der Waals surface area contributed by atoms with Crippen LogP contribution in [-0.4, -0.2) is 99.6 Å². The van der Waals surface area contributed by atoms with E-state index in [1.165, 1.54) is 21.3 Å². The summed E-state index contributed by atoms with van der Waals surface area (Å²) >= 11 is 0. The average Bonchev–Trinajstić information content (AvgIpc) is 2.65. The van der Waals surface area contributed by atoms with Gasteiger partial charge in [0.25, 0.3) is 0 Å². The van der Waals surface area contributed by atoms with Crippen LogP contribution in [0.1, 0.15) is 13.8 Å². The molecule has 0 radical (unpaired) electrons. The van der Waals surface area contributed by atoms with Crippen molar-refractivity contribution in [3.8, 4) is 0 Å². The highest BCUT2D eigenvalue weighted by atomic mass is 32.3. The summed E-state index contributed by atoms with van der Waals surface area (Å²) in [7, 11) is 0.204. The number of hydrogen-bond donors (Lipinski definition) is 0. The lowest BCUT2D eigenvalue weighted by Gasteiger charge is -2.49. The van der Waals surface area contributed by atoms with Gasteiger partial charge < -0.3 is 37.9 Å². The number of rotatable bonds is 12. The summed E-state index contributed by atoms with van der Waals surface area (Å²) in [6, 6.07) is 0. The molecular weight excluding hydrogens is 416 g/mol. The van der Waals surface area contributed by atoms with Gasteiger partial charge in [-0.3, -0.25) is 0 Å². The smallest absolute Gasteiger partial charge is 0.359 e. The molecule has 0 aliphatic carbocycles. The zero-order valence-corrected chi connectivity index (χ0v) is 18.0. The molecule has 29 heavy (non-hydrogen) atoms. The number of methoxy groups -OCH3 is 3.